The molecule has 0 amide bonds. The minimum Gasteiger partial charge on any atom is -0.494 e. The van der Waals surface area contributed by atoms with Gasteiger partial charge in [0.15, 0.2) is 11.0 Å². The molecule has 0 unspecified atom stereocenters. The molecule has 0 bridgehead atoms. The van der Waals surface area contributed by atoms with Crippen LogP contribution in [-0.4, -0.2) is 27.5 Å². The molecule has 4 rings (SSSR count). The summed E-state index contributed by atoms with van der Waals surface area (Å²) < 4.78 is 14.0. The molecule has 0 N–H and O–H groups in total. The number of thiophene rings is 1. The van der Waals surface area contributed by atoms with Crippen LogP contribution in [0.5, 0.6) is 11.5 Å². The lowest BCUT2D eigenvalue weighted by Crippen LogP contribution is -2.05. The van der Waals surface area contributed by atoms with Gasteiger partial charge in [-0.05, 0) is 44.4 Å². The third kappa shape index (κ3) is 3.71. The van der Waals surface area contributed by atoms with Gasteiger partial charge in [-0.3, -0.25) is 0 Å². The van der Waals surface area contributed by atoms with Crippen molar-refractivity contribution in [3.63, 3.8) is 0 Å². The number of ether oxygens (including phenoxy) is 2. The minimum absolute atomic E-state index is 0.230. The van der Waals surface area contributed by atoms with Crippen LogP contribution in [0.3, 0.4) is 0 Å². The minimum atomic E-state index is 0.230. The van der Waals surface area contributed by atoms with Crippen molar-refractivity contribution in [1.82, 2.24) is 14.8 Å². The Balaban J connectivity index is 1.58. The van der Waals surface area contributed by atoms with Crippen LogP contribution < -0.4 is 9.47 Å². The molecule has 3 heterocycles. The average Bonchev–Trinajstić information content (AvgIpc) is 3.38. The Morgan fingerprint density at radius 3 is 2.96 bits per heavy atom. The van der Waals surface area contributed by atoms with E-state index in [0.29, 0.717) is 6.61 Å². The lowest BCUT2D eigenvalue weighted by atomic mass is 10.1. The molecule has 1 atom stereocenters. The molecule has 1 aromatic carbocycles. The van der Waals surface area contributed by atoms with Crippen molar-refractivity contribution in [3.8, 4) is 22.2 Å². The van der Waals surface area contributed by atoms with E-state index in [1.807, 2.05) is 13.0 Å². The van der Waals surface area contributed by atoms with Gasteiger partial charge in [0.2, 0.25) is 0 Å². The first kappa shape index (κ1) is 18.4. The second kappa shape index (κ2) is 7.94. The quantitative estimate of drug-likeness (QED) is 0.519. The zero-order valence-corrected chi connectivity index (χ0v) is 17.4. The van der Waals surface area contributed by atoms with Crippen molar-refractivity contribution in [1.29, 1.82) is 0 Å². The molecule has 0 radical (unpaired) electrons. The summed E-state index contributed by atoms with van der Waals surface area (Å²) >= 11 is 3.37. The summed E-state index contributed by atoms with van der Waals surface area (Å²) in [5, 5.41) is 11.8. The van der Waals surface area contributed by atoms with Crippen LogP contribution >= 0.6 is 23.1 Å². The Hall–Kier alpha value is -1.99. The fourth-order valence-corrected chi connectivity index (χ4v) is 4.99. The van der Waals surface area contributed by atoms with Gasteiger partial charge in [-0.25, -0.2) is 0 Å². The van der Waals surface area contributed by atoms with Crippen LogP contribution in [0.15, 0.2) is 34.8 Å². The van der Waals surface area contributed by atoms with Crippen molar-refractivity contribution in [2.45, 2.75) is 50.8 Å². The highest BCUT2D eigenvalue weighted by Crippen LogP contribution is 2.38. The lowest BCUT2D eigenvalue weighted by Gasteiger charge is -2.12. The van der Waals surface area contributed by atoms with E-state index in [1.54, 1.807) is 23.1 Å². The highest BCUT2D eigenvalue weighted by atomic mass is 32.2. The number of thioether (sulfide) groups is 1. The SMILES string of the molecule is CCOc1cc2c(cc1CSc1nnc(-c3cccs3)n1CC)O[C@@H](C)C2. The first-order valence-corrected chi connectivity index (χ1v) is 11.1. The molecule has 27 heavy (non-hydrogen) atoms. The molecule has 7 heteroatoms. The van der Waals surface area contributed by atoms with Crippen molar-refractivity contribution >= 4 is 23.1 Å². The van der Waals surface area contributed by atoms with E-state index < -0.39 is 0 Å². The Morgan fingerprint density at radius 2 is 2.22 bits per heavy atom. The summed E-state index contributed by atoms with van der Waals surface area (Å²) in [6.07, 6.45) is 1.17. The van der Waals surface area contributed by atoms with Gasteiger partial charge in [0.25, 0.3) is 0 Å². The van der Waals surface area contributed by atoms with Gasteiger partial charge in [0.1, 0.15) is 17.6 Å². The Bertz CT molecular complexity index is 922. The normalized spacial score (nSPS) is 15.6. The summed E-state index contributed by atoms with van der Waals surface area (Å²) in [4.78, 5) is 1.14. The molecule has 1 aliphatic rings. The topological polar surface area (TPSA) is 49.2 Å². The standard InChI is InChI=1S/C20H23N3O2S2/c1-4-23-19(18-7-6-8-26-18)21-22-20(23)27-12-15-11-17-14(9-13(3)25-17)10-16(15)24-5-2/h6-8,10-11,13H,4-5,9,12H2,1-3H3/t13-/m0/s1. The number of hydrogen-bond donors (Lipinski definition) is 0. The molecular weight excluding hydrogens is 378 g/mol. The largest absolute Gasteiger partial charge is 0.494 e. The zero-order chi connectivity index (χ0) is 18.8. The maximum absolute atomic E-state index is 5.93. The molecule has 0 aliphatic carbocycles. The van der Waals surface area contributed by atoms with Gasteiger partial charge in [0, 0.05) is 29.8 Å². The number of benzene rings is 1. The third-order valence-electron chi connectivity index (χ3n) is 4.51. The molecular formula is C20H23N3O2S2. The van der Waals surface area contributed by atoms with Crippen molar-refractivity contribution in [2.75, 3.05) is 6.61 Å². The predicted molar refractivity (Wildman–Crippen MR) is 110 cm³/mol. The van der Waals surface area contributed by atoms with E-state index >= 15 is 0 Å². The van der Waals surface area contributed by atoms with Crippen LogP contribution in [-0.2, 0) is 18.7 Å². The lowest BCUT2D eigenvalue weighted by molar-refractivity contribution is 0.254. The summed E-state index contributed by atoms with van der Waals surface area (Å²) in [6.45, 7) is 7.74. The molecule has 0 fully saturated rings. The van der Waals surface area contributed by atoms with Crippen molar-refractivity contribution in [3.05, 3.63) is 40.8 Å². The van der Waals surface area contributed by atoms with Crippen molar-refractivity contribution in [2.24, 2.45) is 0 Å². The average molecular weight is 402 g/mol. The van der Waals surface area contributed by atoms with Gasteiger partial charge in [-0.2, -0.15) is 0 Å². The maximum atomic E-state index is 5.93. The molecule has 0 saturated carbocycles. The summed E-state index contributed by atoms with van der Waals surface area (Å²) in [7, 11) is 0. The first-order chi connectivity index (χ1) is 13.2. The third-order valence-corrected chi connectivity index (χ3v) is 6.39. The highest BCUT2D eigenvalue weighted by molar-refractivity contribution is 7.98. The maximum Gasteiger partial charge on any atom is 0.191 e. The van der Waals surface area contributed by atoms with E-state index in [-0.39, 0.29) is 6.10 Å². The molecule has 2 aromatic heterocycles. The van der Waals surface area contributed by atoms with E-state index in [4.69, 9.17) is 9.47 Å². The van der Waals surface area contributed by atoms with Crippen molar-refractivity contribution < 1.29 is 9.47 Å². The molecule has 5 nitrogen and oxygen atoms in total. The van der Waals surface area contributed by atoms with E-state index in [9.17, 15) is 0 Å². The number of hydrogen-bond acceptors (Lipinski definition) is 6. The monoisotopic (exact) mass is 401 g/mol. The van der Waals surface area contributed by atoms with Crippen LogP contribution in [0, 0.1) is 0 Å². The van der Waals surface area contributed by atoms with E-state index in [2.05, 4.69) is 52.2 Å². The zero-order valence-electron chi connectivity index (χ0n) is 15.8. The van der Waals surface area contributed by atoms with Gasteiger partial charge in [-0.15, -0.1) is 21.5 Å². The molecule has 142 valence electrons. The van der Waals surface area contributed by atoms with Crippen LogP contribution in [0.2, 0.25) is 0 Å². The van der Waals surface area contributed by atoms with Crippen LogP contribution in [0.25, 0.3) is 10.7 Å². The predicted octanol–water partition coefficient (Wildman–Crippen LogP) is 5.04. The molecule has 1 aliphatic heterocycles. The second-order valence-corrected chi connectivity index (χ2v) is 8.34. The highest BCUT2D eigenvalue weighted by Gasteiger charge is 2.22. The summed E-state index contributed by atoms with van der Waals surface area (Å²) in [5.74, 6) is 3.63. The number of nitrogens with zero attached hydrogens (tertiary/aromatic N) is 3. The first-order valence-electron chi connectivity index (χ1n) is 9.24. The Morgan fingerprint density at radius 1 is 1.33 bits per heavy atom. The summed E-state index contributed by atoms with van der Waals surface area (Å²) in [6, 6.07) is 8.40. The summed E-state index contributed by atoms with van der Waals surface area (Å²) in [5.41, 5.74) is 2.37. The van der Waals surface area contributed by atoms with Gasteiger partial charge >= 0.3 is 0 Å². The second-order valence-electron chi connectivity index (χ2n) is 6.45. The smallest absolute Gasteiger partial charge is 0.191 e. The fraction of sp³-hybridized carbons (Fsp3) is 0.400. The van der Waals surface area contributed by atoms with Crippen LogP contribution in [0.4, 0.5) is 0 Å². The van der Waals surface area contributed by atoms with Gasteiger partial charge < -0.3 is 14.0 Å². The number of aromatic nitrogens is 3. The fourth-order valence-electron chi connectivity index (χ4n) is 3.30. The molecule has 0 spiro atoms. The Labute approximate surface area is 167 Å². The van der Waals surface area contributed by atoms with Gasteiger partial charge in [0.05, 0.1) is 11.5 Å². The van der Waals surface area contributed by atoms with Gasteiger partial charge in [-0.1, -0.05) is 17.8 Å². The molecule has 3 aromatic rings. The number of fused-ring (bicyclic) bond motifs is 1. The molecule has 0 saturated heterocycles. The number of rotatable bonds is 7. The van der Waals surface area contributed by atoms with E-state index in [0.717, 1.165) is 51.6 Å². The van der Waals surface area contributed by atoms with E-state index in [1.165, 1.54) is 5.56 Å². The van der Waals surface area contributed by atoms with Crippen LogP contribution in [0.1, 0.15) is 31.9 Å². The Kier molecular flexibility index (Phi) is 5.41.